The monoisotopic (exact) mass is 255 g/mol. The van der Waals surface area contributed by atoms with E-state index >= 15 is 0 Å². The Bertz CT molecular complexity index is 274. The second kappa shape index (κ2) is 6.69. The third-order valence-electron chi connectivity index (χ3n) is 3.85. The van der Waals surface area contributed by atoms with Crippen LogP contribution in [0.3, 0.4) is 0 Å². The van der Waals surface area contributed by atoms with E-state index in [1.165, 1.54) is 26.4 Å². The average Bonchev–Trinajstić information content (AvgIpc) is 2.29. The van der Waals surface area contributed by atoms with Gasteiger partial charge in [0.1, 0.15) is 0 Å². The second-order valence-corrected chi connectivity index (χ2v) is 6.10. The van der Waals surface area contributed by atoms with Crippen LogP contribution >= 0.6 is 0 Å². The van der Waals surface area contributed by atoms with Crippen LogP contribution in [0.1, 0.15) is 47.0 Å². The first-order valence-electron chi connectivity index (χ1n) is 7.07. The van der Waals surface area contributed by atoms with Gasteiger partial charge in [-0.15, -0.1) is 0 Å². The Morgan fingerprint density at radius 2 is 2.06 bits per heavy atom. The summed E-state index contributed by atoms with van der Waals surface area (Å²) < 4.78 is 4.99. The molecule has 4 atom stereocenters. The Labute approximate surface area is 112 Å². The highest BCUT2D eigenvalue weighted by molar-refractivity contribution is 4.99. The summed E-state index contributed by atoms with van der Waals surface area (Å²) in [6, 6.07) is 1.19. The number of rotatable bonds is 5. The molecule has 1 aliphatic carbocycles. The minimum Gasteiger partial charge on any atom is -0.362 e. The summed E-state index contributed by atoms with van der Waals surface area (Å²) in [5, 5.41) is 13.4. The van der Waals surface area contributed by atoms with Crippen molar-refractivity contribution in [2.75, 3.05) is 7.11 Å². The lowest BCUT2D eigenvalue weighted by Gasteiger charge is -2.35. The first kappa shape index (κ1) is 15.7. The van der Waals surface area contributed by atoms with E-state index in [2.05, 4.69) is 32.2 Å². The Balaban J connectivity index is 2.46. The molecule has 2 N–H and O–H groups in total. The zero-order valence-corrected chi connectivity index (χ0v) is 12.4. The maximum absolute atomic E-state index is 9.77. The molecule has 0 aliphatic heterocycles. The number of hydrogen-bond acceptors (Lipinski definition) is 3. The third kappa shape index (κ3) is 5.09. The molecular weight excluding hydrogens is 226 g/mol. The molecule has 0 heterocycles. The lowest BCUT2D eigenvalue weighted by atomic mass is 9.78. The molecule has 1 saturated carbocycles. The minimum atomic E-state index is -1.13. The summed E-state index contributed by atoms with van der Waals surface area (Å²) in [6.07, 6.45) is 7.47. The van der Waals surface area contributed by atoms with Crippen LogP contribution in [-0.4, -0.2) is 30.1 Å². The first-order chi connectivity index (χ1) is 8.34. The summed E-state index contributed by atoms with van der Waals surface area (Å²) in [5.74, 6) is 0.117. The second-order valence-electron chi connectivity index (χ2n) is 6.10. The van der Waals surface area contributed by atoms with Crippen LogP contribution < -0.4 is 5.32 Å². The molecule has 0 radical (unpaired) electrons. The Hall–Kier alpha value is -0.380. The van der Waals surface area contributed by atoms with E-state index in [0.29, 0.717) is 23.9 Å². The molecule has 106 valence electrons. The van der Waals surface area contributed by atoms with Crippen molar-refractivity contribution in [1.29, 1.82) is 0 Å². The first-order valence-corrected chi connectivity index (χ1v) is 7.07. The van der Waals surface area contributed by atoms with Crippen LogP contribution in [0, 0.1) is 11.8 Å². The number of hydrogen-bond donors (Lipinski definition) is 2. The normalized spacial score (nSPS) is 32.9. The summed E-state index contributed by atoms with van der Waals surface area (Å²) in [4.78, 5) is 0. The Kier molecular flexibility index (Phi) is 5.83. The van der Waals surface area contributed by atoms with E-state index < -0.39 is 5.79 Å². The number of nitrogens with one attached hydrogen (secondary N) is 1. The van der Waals surface area contributed by atoms with Crippen molar-refractivity contribution in [2.45, 2.75) is 64.8 Å². The van der Waals surface area contributed by atoms with Crippen molar-refractivity contribution in [3.8, 4) is 0 Å². The maximum atomic E-state index is 9.77. The van der Waals surface area contributed by atoms with Gasteiger partial charge >= 0.3 is 0 Å². The minimum absolute atomic E-state index is 0.554. The molecule has 4 unspecified atom stereocenters. The molecule has 0 aromatic carbocycles. The molecule has 1 aliphatic rings. The quantitative estimate of drug-likeness (QED) is 0.586. The molecule has 0 aromatic heterocycles. The van der Waals surface area contributed by atoms with E-state index in [1.807, 2.05) is 0 Å². The fraction of sp³-hybridized carbons (Fsp3) is 0.867. The van der Waals surface area contributed by atoms with Gasteiger partial charge in [-0.1, -0.05) is 26.8 Å². The van der Waals surface area contributed by atoms with Crippen LogP contribution in [0.15, 0.2) is 12.2 Å². The van der Waals surface area contributed by atoms with Gasteiger partial charge in [0.15, 0.2) is 5.79 Å². The zero-order chi connectivity index (χ0) is 13.8. The molecule has 18 heavy (non-hydrogen) atoms. The van der Waals surface area contributed by atoms with Crippen molar-refractivity contribution in [3.05, 3.63) is 12.2 Å². The molecule has 0 bridgehead atoms. The van der Waals surface area contributed by atoms with Crippen molar-refractivity contribution in [2.24, 2.45) is 11.8 Å². The van der Waals surface area contributed by atoms with E-state index in [1.54, 1.807) is 13.0 Å². The maximum Gasteiger partial charge on any atom is 0.181 e. The lowest BCUT2D eigenvalue weighted by Crippen LogP contribution is -2.42. The fourth-order valence-corrected chi connectivity index (χ4v) is 2.67. The van der Waals surface area contributed by atoms with Crippen LogP contribution in [0.25, 0.3) is 0 Å². The van der Waals surface area contributed by atoms with Gasteiger partial charge in [-0.25, -0.2) is 0 Å². The molecular formula is C15H29NO2. The Morgan fingerprint density at radius 1 is 1.39 bits per heavy atom. The standard InChI is InChI=1S/C15H29NO2/c1-11(2)16-14-7-6-13(10-12(14)3)8-9-15(4,17)18-5/h8-9,11-14,16-17H,6-7,10H2,1-5H3/b9-8+. The van der Waals surface area contributed by atoms with Crippen molar-refractivity contribution in [1.82, 2.24) is 5.32 Å². The zero-order valence-electron chi connectivity index (χ0n) is 12.4. The third-order valence-corrected chi connectivity index (χ3v) is 3.85. The van der Waals surface area contributed by atoms with Gasteiger partial charge in [-0.2, -0.15) is 0 Å². The molecule has 0 amide bonds. The van der Waals surface area contributed by atoms with Crippen molar-refractivity contribution in [3.63, 3.8) is 0 Å². The van der Waals surface area contributed by atoms with Gasteiger partial charge in [-0.05, 0) is 44.1 Å². The predicted molar refractivity (Wildman–Crippen MR) is 75.3 cm³/mol. The molecule has 0 saturated heterocycles. The highest BCUT2D eigenvalue weighted by Crippen LogP contribution is 2.30. The van der Waals surface area contributed by atoms with Crippen molar-refractivity contribution >= 4 is 0 Å². The lowest BCUT2D eigenvalue weighted by molar-refractivity contribution is -0.131. The van der Waals surface area contributed by atoms with E-state index in [9.17, 15) is 5.11 Å². The van der Waals surface area contributed by atoms with Gasteiger partial charge in [0.25, 0.3) is 0 Å². The van der Waals surface area contributed by atoms with Gasteiger partial charge in [0, 0.05) is 19.2 Å². The van der Waals surface area contributed by atoms with Gasteiger partial charge < -0.3 is 15.2 Å². The van der Waals surface area contributed by atoms with Crippen LogP contribution in [-0.2, 0) is 4.74 Å². The van der Waals surface area contributed by atoms with E-state index in [0.717, 1.165) is 0 Å². The fourth-order valence-electron chi connectivity index (χ4n) is 2.67. The molecule has 1 rings (SSSR count). The summed E-state index contributed by atoms with van der Waals surface area (Å²) in [6.45, 7) is 8.39. The Morgan fingerprint density at radius 3 is 2.56 bits per heavy atom. The van der Waals surface area contributed by atoms with Gasteiger partial charge in [-0.3, -0.25) is 0 Å². The number of methoxy groups -OCH3 is 1. The number of allylic oxidation sites excluding steroid dienone is 1. The predicted octanol–water partition coefficient (Wildman–Crippen LogP) is 2.70. The molecule has 0 spiro atoms. The van der Waals surface area contributed by atoms with Crippen LogP contribution in [0.5, 0.6) is 0 Å². The van der Waals surface area contributed by atoms with E-state index in [4.69, 9.17) is 4.74 Å². The number of ether oxygens (including phenoxy) is 1. The van der Waals surface area contributed by atoms with Crippen molar-refractivity contribution < 1.29 is 9.84 Å². The molecule has 0 aromatic rings. The number of aliphatic hydroxyl groups is 1. The molecule has 1 fully saturated rings. The molecule has 3 nitrogen and oxygen atoms in total. The highest BCUT2D eigenvalue weighted by Gasteiger charge is 2.27. The SMILES string of the molecule is COC(C)(O)/C=C/C1CCC(NC(C)C)C(C)C1. The average molecular weight is 255 g/mol. The smallest absolute Gasteiger partial charge is 0.181 e. The molecule has 3 heteroatoms. The topological polar surface area (TPSA) is 41.5 Å². The van der Waals surface area contributed by atoms with Gasteiger partial charge in [0.05, 0.1) is 0 Å². The summed E-state index contributed by atoms with van der Waals surface area (Å²) >= 11 is 0. The summed E-state index contributed by atoms with van der Waals surface area (Å²) in [7, 11) is 1.52. The van der Waals surface area contributed by atoms with Crippen LogP contribution in [0.4, 0.5) is 0 Å². The van der Waals surface area contributed by atoms with Crippen LogP contribution in [0.2, 0.25) is 0 Å². The van der Waals surface area contributed by atoms with E-state index in [-0.39, 0.29) is 0 Å². The highest BCUT2D eigenvalue weighted by atomic mass is 16.6. The van der Waals surface area contributed by atoms with Gasteiger partial charge in [0.2, 0.25) is 0 Å². The largest absolute Gasteiger partial charge is 0.362 e. The summed E-state index contributed by atoms with van der Waals surface area (Å²) in [5.41, 5.74) is 0.